The Labute approximate surface area is 60.5 Å². The summed E-state index contributed by atoms with van der Waals surface area (Å²) in [5.74, 6) is 2.04. The summed E-state index contributed by atoms with van der Waals surface area (Å²) in [6, 6.07) is -0.334. The standard InChI is InChI=1S/C7H11NO2/c1-3-6(8)4-5-7(9)10-2/h1,6H,4-5,8H2,2H3. The van der Waals surface area contributed by atoms with Crippen molar-refractivity contribution in [2.24, 2.45) is 5.73 Å². The Bertz CT molecular complexity index is 148. The molecule has 0 radical (unpaired) electrons. The van der Waals surface area contributed by atoms with Gasteiger partial charge in [-0.25, -0.2) is 0 Å². The van der Waals surface area contributed by atoms with Crippen LogP contribution in [0.2, 0.25) is 0 Å². The van der Waals surface area contributed by atoms with Crippen LogP contribution in [0.3, 0.4) is 0 Å². The van der Waals surface area contributed by atoms with E-state index in [4.69, 9.17) is 12.2 Å². The van der Waals surface area contributed by atoms with Gasteiger partial charge in [-0.15, -0.1) is 6.42 Å². The molecule has 0 fully saturated rings. The van der Waals surface area contributed by atoms with Crippen molar-refractivity contribution in [3.8, 4) is 12.3 Å². The van der Waals surface area contributed by atoms with Crippen LogP contribution >= 0.6 is 0 Å². The Morgan fingerprint density at radius 2 is 2.50 bits per heavy atom. The van der Waals surface area contributed by atoms with E-state index in [1.165, 1.54) is 7.11 Å². The van der Waals surface area contributed by atoms with E-state index in [0.29, 0.717) is 12.8 Å². The summed E-state index contributed by atoms with van der Waals surface area (Å²) in [6.07, 6.45) is 5.76. The summed E-state index contributed by atoms with van der Waals surface area (Å²) in [5, 5.41) is 0. The molecule has 0 saturated heterocycles. The van der Waals surface area contributed by atoms with E-state index < -0.39 is 0 Å². The first-order valence-corrected chi connectivity index (χ1v) is 2.99. The van der Waals surface area contributed by atoms with Gasteiger partial charge in [0.25, 0.3) is 0 Å². The summed E-state index contributed by atoms with van der Waals surface area (Å²) in [7, 11) is 1.34. The molecular formula is C7H11NO2. The van der Waals surface area contributed by atoms with E-state index in [0.717, 1.165) is 0 Å². The number of esters is 1. The van der Waals surface area contributed by atoms with Gasteiger partial charge >= 0.3 is 5.97 Å². The van der Waals surface area contributed by atoms with Crippen LogP contribution in [0, 0.1) is 12.3 Å². The number of nitrogens with two attached hydrogens (primary N) is 1. The number of carbonyl (C=O) groups excluding carboxylic acids is 1. The average molecular weight is 141 g/mol. The van der Waals surface area contributed by atoms with Gasteiger partial charge in [0.2, 0.25) is 0 Å². The highest BCUT2D eigenvalue weighted by Crippen LogP contribution is 1.94. The Hall–Kier alpha value is -1.01. The van der Waals surface area contributed by atoms with Gasteiger partial charge in [0, 0.05) is 6.42 Å². The molecule has 0 aliphatic carbocycles. The maximum absolute atomic E-state index is 10.5. The van der Waals surface area contributed by atoms with Gasteiger partial charge in [-0.1, -0.05) is 5.92 Å². The predicted molar refractivity (Wildman–Crippen MR) is 38.1 cm³/mol. The van der Waals surface area contributed by atoms with Crippen LogP contribution in [-0.2, 0) is 9.53 Å². The molecule has 0 bridgehead atoms. The summed E-state index contributed by atoms with van der Waals surface area (Å²) in [6.45, 7) is 0. The first kappa shape index (κ1) is 8.99. The quantitative estimate of drug-likeness (QED) is 0.441. The van der Waals surface area contributed by atoms with Crippen LogP contribution in [0.4, 0.5) is 0 Å². The monoisotopic (exact) mass is 141 g/mol. The summed E-state index contributed by atoms with van der Waals surface area (Å²) in [4.78, 5) is 10.5. The van der Waals surface area contributed by atoms with Gasteiger partial charge < -0.3 is 10.5 Å². The molecule has 0 rings (SSSR count). The zero-order chi connectivity index (χ0) is 7.98. The Balaban J connectivity index is 3.37. The van der Waals surface area contributed by atoms with E-state index >= 15 is 0 Å². The van der Waals surface area contributed by atoms with Crippen molar-refractivity contribution in [2.75, 3.05) is 7.11 Å². The normalized spacial score (nSPS) is 11.7. The number of hydrogen-bond acceptors (Lipinski definition) is 3. The smallest absolute Gasteiger partial charge is 0.305 e. The number of hydrogen-bond donors (Lipinski definition) is 1. The topological polar surface area (TPSA) is 52.3 Å². The van der Waals surface area contributed by atoms with Gasteiger partial charge in [-0.2, -0.15) is 0 Å². The Morgan fingerprint density at radius 3 is 2.90 bits per heavy atom. The molecule has 0 heterocycles. The van der Waals surface area contributed by atoms with Gasteiger partial charge in [-0.3, -0.25) is 4.79 Å². The Kier molecular flexibility index (Phi) is 4.34. The highest BCUT2D eigenvalue weighted by molar-refractivity contribution is 5.69. The maximum Gasteiger partial charge on any atom is 0.305 e. The maximum atomic E-state index is 10.5. The van der Waals surface area contributed by atoms with E-state index in [1.807, 2.05) is 0 Å². The zero-order valence-corrected chi connectivity index (χ0v) is 5.96. The molecule has 3 nitrogen and oxygen atoms in total. The third kappa shape index (κ3) is 3.93. The molecule has 3 heteroatoms. The number of methoxy groups -OCH3 is 1. The van der Waals surface area contributed by atoms with Crippen molar-refractivity contribution in [1.29, 1.82) is 0 Å². The fourth-order valence-corrected chi connectivity index (χ4v) is 0.459. The number of ether oxygens (including phenoxy) is 1. The van der Waals surface area contributed by atoms with Crippen molar-refractivity contribution >= 4 is 5.97 Å². The first-order chi connectivity index (χ1) is 4.70. The highest BCUT2D eigenvalue weighted by Gasteiger charge is 2.02. The largest absolute Gasteiger partial charge is 0.469 e. The number of carbonyl (C=O) groups is 1. The van der Waals surface area contributed by atoms with E-state index in [9.17, 15) is 4.79 Å². The summed E-state index contributed by atoms with van der Waals surface area (Å²) >= 11 is 0. The molecular weight excluding hydrogens is 130 g/mol. The molecule has 10 heavy (non-hydrogen) atoms. The fourth-order valence-electron chi connectivity index (χ4n) is 0.459. The molecule has 0 amide bonds. The lowest BCUT2D eigenvalue weighted by Crippen LogP contribution is -2.18. The van der Waals surface area contributed by atoms with Gasteiger partial charge in [0.1, 0.15) is 0 Å². The second kappa shape index (κ2) is 4.83. The van der Waals surface area contributed by atoms with Gasteiger partial charge in [0.05, 0.1) is 13.2 Å². The molecule has 0 aromatic rings. The molecule has 0 aliphatic heterocycles. The van der Waals surface area contributed by atoms with Crippen LogP contribution in [0.25, 0.3) is 0 Å². The Morgan fingerprint density at radius 1 is 1.90 bits per heavy atom. The van der Waals surface area contributed by atoms with Crippen LogP contribution < -0.4 is 5.73 Å². The molecule has 56 valence electrons. The van der Waals surface area contributed by atoms with Crippen LogP contribution in [0.1, 0.15) is 12.8 Å². The van der Waals surface area contributed by atoms with Gasteiger partial charge in [0.15, 0.2) is 0 Å². The van der Waals surface area contributed by atoms with Crippen molar-refractivity contribution in [3.63, 3.8) is 0 Å². The van der Waals surface area contributed by atoms with Crippen LogP contribution in [0.15, 0.2) is 0 Å². The minimum atomic E-state index is -0.334. The van der Waals surface area contributed by atoms with Crippen molar-refractivity contribution in [1.82, 2.24) is 0 Å². The molecule has 1 unspecified atom stereocenters. The number of terminal acetylenes is 1. The summed E-state index contributed by atoms with van der Waals surface area (Å²) in [5.41, 5.74) is 5.33. The van der Waals surface area contributed by atoms with Crippen molar-refractivity contribution in [2.45, 2.75) is 18.9 Å². The lowest BCUT2D eigenvalue weighted by Gasteiger charge is -2.00. The fraction of sp³-hybridized carbons (Fsp3) is 0.571. The van der Waals surface area contributed by atoms with Crippen LogP contribution in [0.5, 0.6) is 0 Å². The zero-order valence-electron chi connectivity index (χ0n) is 5.96. The molecule has 0 aliphatic rings. The highest BCUT2D eigenvalue weighted by atomic mass is 16.5. The van der Waals surface area contributed by atoms with E-state index in [1.54, 1.807) is 0 Å². The second-order valence-corrected chi connectivity index (χ2v) is 1.89. The number of rotatable bonds is 3. The SMILES string of the molecule is C#CC(N)CCC(=O)OC. The van der Waals surface area contributed by atoms with E-state index in [2.05, 4.69) is 10.7 Å². The third-order valence-corrected chi connectivity index (χ3v) is 1.10. The first-order valence-electron chi connectivity index (χ1n) is 2.99. The van der Waals surface area contributed by atoms with Gasteiger partial charge in [-0.05, 0) is 6.42 Å². The van der Waals surface area contributed by atoms with Crippen LogP contribution in [-0.4, -0.2) is 19.1 Å². The van der Waals surface area contributed by atoms with Crippen molar-refractivity contribution in [3.05, 3.63) is 0 Å². The third-order valence-electron chi connectivity index (χ3n) is 1.10. The van der Waals surface area contributed by atoms with Crippen molar-refractivity contribution < 1.29 is 9.53 Å². The molecule has 2 N–H and O–H groups in total. The molecule has 0 spiro atoms. The second-order valence-electron chi connectivity index (χ2n) is 1.89. The molecule has 0 aromatic heterocycles. The molecule has 1 atom stereocenters. The summed E-state index contributed by atoms with van der Waals surface area (Å²) < 4.78 is 4.38. The lowest BCUT2D eigenvalue weighted by atomic mass is 10.2. The molecule has 0 saturated carbocycles. The lowest BCUT2D eigenvalue weighted by molar-refractivity contribution is -0.140. The van der Waals surface area contributed by atoms with E-state index in [-0.39, 0.29) is 12.0 Å². The average Bonchev–Trinajstić information content (AvgIpc) is 1.99. The molecule has 0 aromatic carbocycles. The minimum Gasteiger partial charge on any atom is -0.469 e. The predicted octanol–water partition coefficient (Wildman–Crippen LogP) is -0.0999. The minimum absolute atomic E-state index is 0.272.